The van der Waals surface area contributed by atoms with Crippen LogP contribution in [0.5, 0.6) is 5.75 Å². The first-order valence-electron chi connectivity index (χ1n) is 8.53. The third-order valence-corrected chi connectivity index (χ3v) is 4.37. The van der Waals surface area contributed by atoms with Crippen LogP contribution in [0.1, 0.15) is 41.2 Å². The molecule has 3 rings (SSSR count). The van der Waals surface area contributed by atoms with Crippen LogP contribution in [0.15, 0.2) is 28.8 Å². The topological polar surface area (TPSA) is 64.8 Å². The molecule has 2 unspecified atom stereocenters. The number of aromatic nitrogens is 1. The third-order valence-electron chi connectivity index (χ3n) is 4.37. The highest BCUT2D eigenvalue weighted by atomic mass is 16.5. The largest absolute Gasteiger partial charge is 0.489 e. The maximum Gasteiger partial charge on any atom is 0.254 e. The fourth-order valence-corrected chi connectivity index (χ4v) is 3.08. The summed E-state index contributed by atoms with van der Waals surface area (Å²) in [5, 5.41) is 3.91. The van der Waals surface area contributed by atoms with Gasteiger partial charge in [0.05, 0.1) is 23.5 Å². The van der Waals surface area contributed by atoms with E-state index >= 15 is 0 Å². The van der Waals surface area contributed by atoms with Gasteiger partial charge in [-0.3, -0.25) is 4.79 Å². The van der Waals surface area contributed by atoms with Gasteiger partial charge in [0.2, 0.25) is 0 Å². The predicted octanol–water partition coefficient (Wildman–Crippen LogP) is 3.12. The lowest BCUT2D eigenvalue weighted by Crippen LogP contribution is -2.48. The van der Waals surface area contributed by atoms with E-state index in [1.54, 1.807) is 12.1 Å². The van der Waals surface area contributed by atoms with Gasteiger partial charge in [0.25, 0.3) is 5.91 Å². The van der Waals surface area contributed by atoms with Crippen LogP contribution < -0.4 is 4.74 Å². The summed E-state index contributed by atoms with van der Waals surface area (Å²) in [4.78, 5) is 14.5. The van der Waals surface area contributed by atoms with E-state index in [2.05, 4.69) is 5.16 Å². The molecule has 1 aliphatic rings. The third kappa shape index (κ3) is 4.02. The zero-order chi connectivity index (χ0) is 18.0. The van der Waals surface area contributed by atoms with Crippen LogP contribution in [0.4, 0.5) is 0 Å². The molecule has 0 N–H and O–H groups in total. The molecule has 134 valence electrons. The van der Waals surface area contributed by atoms with Gasteiger partial charge in [-0.1, -0.05) is 5.16 Å². The second-order valence-electron chi connectivity index (χ2n) is 6.58. The number of rotatable bonds is 4. The molecule has 0 bridgehead atoms. The Morgan fingerprint density at radius 1 is 1.20 bits per heavy atom. The van der Waals surface area contributed by atoms with Crippen molar-refractivity contribution in [2.45, 2.75) is 46.5 Å². The number of aryl methyl sites for hydroxylation is 2. The van der Waals surface area contributed by atoms with Crippen molar-refractivity contribution in [1.29, 1.82) is 0 Å². The van der Waals surface area contributed by atoms with Crippen molar-refractivity contribution < 1.29 is 18.8 Å². The van der Waals surface area contributed by atoms with E-state index in [1.807, 2.05) is 44.7 Å². The van der Waals surface area contributed by atoms with Crippen LogP contribution in [-0.4, -0.2) is 41.3 Å². The summed E-state index contributed by atoms with van der Waals surface area (Å²) >= 11 is 0. The molecule has 0 radical (unpaired) electrons. The minimum atomic E-state index is 0.0271. The van der Waals surface area contributed by atoms with E-state index in [9.17, 15) is 4.79 Å². The predicted molar refractivity (Wildman–Crippen MR) is 92.7 cm³/mol. The quantitative estimate of drug-likeness (QED) is 0.853. The Hall–Kier alpha value is -2.34. The van der Waals surface area contributed by atoms with E-state index in [0.717, 1.165) is 17.0 Å². The van der Waals surface area contributed by atoms with Crippen molar-refractivity contribution in [2.75, 3.05) is 13.1 Å². The first kappa shape index (κ1) is 17.5. The fourth-order valence-electron chi connectivity index (χ4n) is 3.08. The van der Waals surface area contributed by atoms with Gasteiger partial charge in [0, 0.05) is 18.7 Å². The Bertz CT molecular complexity index is 709. The number of ether oxygens (including phenoxy) is 2. The molecule has 6 heteroatoms. The lowest BCUT2D eigenvalue weighted by molar-refractivity contribution is -0.0586. The number of amides is 1. The van der Waals surface area contributed by atoms with Gasteiger partial charge in [-0.2, -0.15) is 0 Å². The average Bonchev–Trinajstić information content (AvgIpc) is 2.90. The van der Waals surface area contributed by atoms with Crippen molar-refractivity contribution in [3.05, 3.63) is 46.8 Å². The van der Waals surface area contributed by atoms with Crippen molar-refractivity contribution in [2.24, 2.45) is 0 Å². The summed E-state index contributed by atoms with van der Waals surface area (Å²) in [6.07, 6.45) is 0.121. The maximum absolute atomic E-state index is 12.6. The van der Waals surface area contributed by atoms with Crippen molar-refractivity contribution >= 4 is 5.91 Å². The van der Waals surface area contributed by atoms with E-state index in [-0.39, 0.29) is 18.1 Å². The van der Waals surface area contributed by atoms with Crippen LogP contribution >= 0.6 is 0 Å². The number of carbonyl (C=O) groups is 1. The SMILES string of the molecule is Cc1noc(C)c1COc1ccc(C(=O)N2CC(C)OC(C)C2)cc1. The molecule has 0 saturated carbocycles. The maximum atomic E-state index is 12.6. The highest BCUT2D eigenvalue weighted by molar-refractivity contribution is 5.94. The van der Waals surface area contributed by atoms with E-state index in [0.29, 0.717) is 31.0 Å². The van der Waals surface area contributed by atoms with E-state index in [1.165, 1.54) is 0 Å². The Labute approximate surface area is 147 Å². The average molecular weight is 344 g/mol. The van der Waals surface area contributed by atoms with Gasteiger partial charge < -0.3 is 18.9 Å². The molecule has 2 aromatic rings. The minimum absolute atomic E-state index is 0.0271. The molecule has 1 aliphatic heterocycles. The molecule has 0 aliphatic carbocycles. The number of hydrogen-bond donors (Lipinski definition) is 0. The molecule has 1 aromatic heterocycles. The lowest BCUT2D eigenvalue weighted by Gasteiger charge is -2.35. The Morgan fingerprint density at radius 3 is 2.40 bits per heavy atom. The summed E-state index contributed by atoms with van der Waals surface area (Å²) in [5.41, 5.74) is 2.45. The summed E-state index contributed by atoms with van der Waals surface area (Å²) in [7, 11) is 0. The molecule has 1 saturated heterocycles. The van der Waals surface area contributed by atoms with Crippen molar-refractivity contribution in [3.63, 3.8) is 0 Å². The van der Waals surface area contributed by atoms with Crippen molar-refractivity contribution in [1.82, 2.24) is 10.1 Å². The van der Waals surface area contributed by atoms with Gasteiger partial charge in [0.15, 0.2) is 0 Å². The van der Waals surface area contributed by atoms with Crippen LogP contribution in [0.25, 0.3) is 0 Å². The van der Waals surface area contributed by atoms with Crippen LogP contribution in [0.3, 0.4) is 0 Å². The summed E-state index contributed by atoms with van der Waals surface area (Å²) in [5.74, 6) is 1.50. The molecular formula is C19H24N2O4. The van der Waals surface area contributed by atoms with Crippen LogP contribution in [-0.2, 0) is 11.3 Å². The van der Waals surface area contributed by atoms with Gasteiger partial charge in [-0.15, -0.1) is 0 Å². The normalized spacial score (nSPS) is 20.6. The molecule has 6 nitrogen and oxygen atoms in total. The second kappa shape index (κ2) is 7.27. The molecule has 0 spiro atoms. The molecule has 25 heavy (non-hydrogen) atoms. The Kier molecular flexibility index (Phi) is 5.08. The molecule has 1 amide bonds. The monoisotopic (exact) mass is 344 g/mol. The first-order valence-corrected chi connectivity index (χ1v) is 8.53. The zero-order valence-corrected chi connectivity index (χ0v) is 15.1. The summed E-state index contributed by atoms with van der Waals surface area (Å²) in [6, 6.07) is 7.24. The molecular weight excluding hydrogens is 320 g/mol. The Morgan fingerprint density at radius 2 is 1.84 bits per heavy atom. The summed E-state index contributed by atoms with van der Waals surface area (Å²) < 4.78 is 16.6. The highest BCUT2D eigenvalue weighted by Gasteiger charge is 2.26. The molecule has 2 heterocycles. The zero-order valence-electron chi connectivity index (χ0n) is 15.1. The molecule has 2 atom stereocenters. The number of benzene rings is 1. The first-order chi connectivity index (χ1) is 11.9. The lowest BCUT2D eigenvalue weighted by atomic mass is 10.1. The van der Waals surface area contributed by atoms with Crippen LogP contribution in [0, 0.1) is 13.8 Å². The second-order valence-corrected chi connectivity index (χ2v) is 6.58. The molecule has 1 aromatic carbocycles. The van der Waals surface area contributed by atoms with Gasteiger partial charge in [0.1, 0.15) is 18.1 Å². The van der Waals surface area contributed by atoms with E-state index in [4.69, 9.17) is 14.0 Å². The fraction of sp³-hybridized carbons (Fsp3) is 0.474. The Balaban J connectivity index is 1.63. The highest BCUT2D eigenvalue weighted by Crippen LogP contribution is 2.20. The minimum Gasteiger partial charge on any atom is -0.489 e. The van der Waals surface area contributed by atoms with Gasteiger partial charge in [-0.25, -0.2) is 0 Å². The van der Waals surface area contributed by atoms with Gasteiger partial charge >= 0.3 is 0 Å². The van der Waals surface area contributed by atoms with Gasteiger partial charge in [-0.05, 0) is 52.0 Å². The number of hydrogen-bond acceptors (Lipinski definition) is 5. The molecule has 1 fully saturated rings. The number of carbonyl (C=O) groups excluding carboxylic acids is 1. The number of nitrogens with zero attached hydrogens (tertiary/aromatic N) is 2. The van der Waals surface area contributed by atoms with E-state index < -0.39 is 0 Å². The summed E-state index contributed by atoms with van der Waals surface area (Å²) in [6.45, 7) is 9.36. The van der Waals surface area contributed by atoms with Crippen molar-refractivity contribution in [3.8, 4) is 5.75 Å². The smallest absolute Gasteiger partial charge is 0.254 e. The van der Waals surface area contributed by atoms with Crippen LogP contribution in [0.2, 0.25) is 0 Å². The standard InChI is InChI=1S/C19H24N2O4/c1-12-9-21(10-13(2)24-12)19(22)16-5-7-17(8-6-16)23-11-18-14(3)20-25-15(18)4/h5-8,12-13H,9-11H2,1-4H3. The number of morpholine rings is 1.